The number of rotatable bonds is 2. The van der Waals surface area contributed by atoms with Crippen molar-refractivity contribution >= 4 is 0 Å². The van der Waals surface area contributed by atoms with Crippen molar-refractivity contribution in [1.29, 1.82) is 0 Å². The molecule has 1 N–H and O–H groups in total. The average molecular weight is 211 g/mol. The molecule has 0 aromatic heterocycles. The molecule has 0 radical (unpaired) electrons. The van der Waals surface area contributed by atoms with E-state index in [0.29, 0.717) is 12.0 Å². The Morgan fingerprint density at radius 2 is 2.13 bits per heavy atom. The molecule has 1 nitrogen and oxygen atoms in total. The van der Waals surface area contributed by atoms with Gasteiger partial charge in [-0.2, -0.15) is 0 Å². The molecular formula is C12H15F2N. The number of alkyl halides is 1. The molecule has 2 atom stereocenters. The number of hydrogen-bond donors (Lipinski definition) is 1. The Balaban J connectivity index is 2.37. The second kappa shape index (κ2) is 4.27. The van der Waals surface area contributed by atoms with E-state index in [0.717, 1.165) is 18.5 Å². The maximum atomic E-state index is 13.6. The molecule has 2 unspecified atom stereocenters. The van der Waals surface area contributed by atoms with Crippen LogP contribution >= 0.6 is 0 Å². The van der Waals surface area contributed by atoms with Crippen LogP contribution in [0.5, 0.6) is 0 Å². The van der Waals surface area contributed by atoms with Crippen LogP contribution in [0, 0.1) is 5.82 Å². The minimum atomic E-state index is -0.922. The fraction of sp³-hybridized carbons (Fsp3) is 0.500. The molecule has 1 aliphatic carbocycles. The Morgan fingerprint density at radius 1 is 1.33 bits per heavy atom. The maximum absolute atomic E-state index is 13.6. The quantitative estimate of drug-likeness (QED) is 0.793. The highest BCUT2D eigenvalue weighted by Gasteiger charge is 2.26. The zero-order valence-corrected chi connectivity index (χ0v) is 8.76. The summed E-state index contributed by atoms with van der Waals surface area (Å²) >= 11 is 0. The Kier molecular flexibility index (Phi) is 3.00. The molecule has 15 heavy (non-hydrogen) atoms. The van der Waals surface area contributed by atoms with Crippen LogP contribution in [0.15, 0.2) is 18.2 Å². The van der Waals surface area contributed by atoms with Crippen molar-refractivity contribution in [2.24, 2.45) is 0 Å². The van der Waals surface area contributed by atoms with Crippen molar-refractivity contribution in [2.45, 2.75) is 24.9 Å². The molecule has 0 heterocycles. The van der Waals surface area contributed by atoms with Crippen LogP contribution in [0.25, 0.3) is 0 Å². The highest BCUT2D eigenvalue weighted by atomic mass is 19.1. The molecule has 82 valence electrons. The van der Waals surface area contributed by atoms with Gasteiger partial charge >= 0.3 is 0 Å². The molecule has 0 saturated carbocycles. The van der Waals surface area contributed by atoms with Gasteiger partial charge in [-0.25, -0.2) is 8.78 Å². The van der Waals surface area contributed by atoms with E-state index in [9.17, 15) is 8.78 Å². The van der Waals surface area contributed by atoms with Crippen LogP contribution < -0.4 is 5.32 Å². The van der Waals surface area contributed by atoms with Gasteiger partial charge in [-0.1, -0.05) is 6.07 Å². The van der Waals surface area contributed by atoms with Gasteiger partial charge in [-0.15, -0.1) is 0 Å². The second-order valence-electron chi connectivity index (χ2n) is 4.07. The fourth-order valence-electron chi connectivity index (χ4n) is 2.30. The molecule has 0 spiro atoms. The summed E-state index contributed by atoms with van der Waals surface area (Å²) in [7, 11) is 1.86. The molecule has 1 aliphatic rings. The third kappa shape index (κ3) is 2.02. The minimum absolute atomic E-state index is 0.243. The largest absolute Gasteiger partial charge is 0.319 e. The summed E-state index contributed by atoms with van der Waals surface area (Å²) in [6.07, 6.45) is 0.414. The number of fused-ring (bicyclic) bond motifs is 1. The Labute approximate surface area is 88.5 Å². The van der Waals surface area contributed by atoms with E-state index in [1.165, 1.54) is 12.1 Å². The van der Waals surface area contributed by atoms with Crippen LogP contribution in [-0.4, -0.2) is 13.6 Å². The second-order valence-corrected chi connectivity index (χ2v) is 4.07. The van der Waals surface area contributed by atoms with Gasteiger partial charge in [0.15, 0.2) is 0 Å². The predicted octanol–water partition coefficient (Wildman–Crippen LogP) is 2.93. The smallest absolute Gasteiger partial charge is 0.125 e. The summed E-state index contributed by atoms with van der Waals surface area (Å²) in [6, 6.07) is 4.40. The molecule has 0 aliphatic heterocycles. The van der Waals surface area contributed by atoms with E-state index >= 15 is 0 Å². The summed E-state index contributed by atoms with van der Waals surface area (Å²) in [5, 5.41) is 3.07. The maximum Gasteiger partial charge on any atom is 0.125 e. The number of nitrogens with one attached hydrogen (secondary N) is 1. The van der Waals surface area contributed by atoms with Gasteiger partial charge in [0.2, 0.25) is 0 Å². The number of benzene rings is 1. The molecule has 0 saturated heterocycles. The highest BCUT2D eigenvalue weighted by molar-refractivity contribution is 5.35. The predicted molar refractivity (Wildman–Crippen MR) is 56.2 cm³/mol. The van der Waals surface area contributed by atoms with Crippen LogP contribution in [0.1, 0.15) is 36.1 Å². The highest BCUT2D eigenvalue weighted by Crippen LogP contribution is 2.39. The van der Waals surface area contributed by atoms with E-state index < -0.39 is 6.17 Å². The lowest BCUT2D eigenvalue weighted by Crippen LogP contribution is -2.22. The van der Waals surface area contributed by atoms with Crippen LogP contribution in [0.2, 0.25) is 0 Å². The van der Waals surface area contributed by atoms with Gasteiger partial charge in [0.1, 0.15) is 12.0 Å². The minimum Gasteiger partial charge on any atom is -0.319 e. The third-order valence-corrected chi connectivity index (χ3v) is 3.05. The summed E-state index contributed by atoms with van der Waals surface area (Å²) in [4.78, 5) is 0. The van der Waals surface area contributed by atoms with E-state index in [2.05, 4.69) is 5.32 Å². The first-order chi connectivity index (χ1) is 7.22. The Morgan fingerprint density at radius 3 is 2.87 bits per heavy atom. The van der Waals surface area contributed by atoms with Crippen LogP contribution in [0.4, 0.5) is 8.78 Å². The molecular weight excluding hydrogens is 196 g/mol. The van der Waals surface area contributed by atoms with E-state index in [-0.39, 0.29) is 11.7 Å². The zero-order valence-electron chi connectivity index (χ0n) is 8.76. The van der Waals surface area contributed by atoms with Crippen molar-refractivity contribution in [2.75, 3.05) is 13.6 Å². The number of likely N-dealkylation sites (N-methyl/N-ethyl adjacent to an activating group) is 1. The standard InChI is InChI=1S/C12H15F2N/c1-15-7-8-2-5-12(14)10-4-3-9(13)6-11(8)10/h3-4,6,8,12,15H,2,5,7H2,1H3. The zero-order chi connectivity index (χ0) is 10.8. The monoisotopic (exact) mass is 211 g/mol. The first-order valence-corrected chi connectivity index (χ1v) is 5.30. The summed E-state index contributed by atoms with van der Waals surface area (Å²) in [5.74, 6) is -0.0309. The average Bonchev–Trinajstić information content (AvgIpc) is 2.22. The van der Waals surface area contributed by atoms with Gasteiger partial charge in [-0.3, -0.25) is 0 Å². The van der Waals surface area contributed by atoms with E-state index in [1.807, 2.05) is 7.05 Å². The van der Waals surface area contributed by atoms with Crippen molar-refractivity contribution in [3.8, 4) is 0 Å². The van der Waals surface area contributed by atoms with Crippen LogP contribution in [-0.2, 0) is 0 Å². The molecule has 1 aromatic rings. The summed E-state index contributed by atoms with van der Waals surface area (Å²) < 4.78 is 26.7. The normalized spacial score (nSPS) is 25.0. The molecule has 2 rings (SSSR count). The number of halogens is 2. The molecule has 0 bridgehead atoms. The first-order valence-electron chi connectivity index (χ1n) is 5.30. The third-order valence-electron chi connectivity index (χ3n) is 3.05. The fourth-order valence-corrected chi connectivity index (χ4v) is 2.30. The van der Waals surface area contributed by atoms with Crippen molar-refractivity contribution in [3.05, 3.63) is 35.1 Å². The molecule has 1 aromatic carbocycles. The van der Waals surface area contributed by atoms with Gasteiger partial charge in [0.25, 0.3) is 0 Å². The molecule has 0 fully saturated rings. The summed E-state index contributed by atoms with van der Waals surface area (Å²) in [6.45, 7) is 0.781. The van der Waals surface area contributed by atoms with E-state index in [4.69, 9.17) is 0 Å². The molecule has 3 heteroatoms. The topological polar surface area (TPSA) is 12.0 Å². The van der Waals surface area contributed by atoms with E-state index in [1.54, 1.807) is 6.07 Å². The van der Waals surface area contributed by atoms with Crippen molar-refractivity contribution in [1.82, 2.24) is 5.32 Å². The van der Waals surface area contributed by atoms with Gasteiger partial charge in [-0.05, 0) is 49.1 Å². The van der Waals surface area contributed by atoms with Gasteiger partial charge in [0.05, 0.1) is 0 Å². The number of hydrogen-bond acceptors (Lipinski definition) is 1. The summed E-state index contributed by atoms with van der Waals surface area (Å²) in [5.41, 5.74) is 1.51. The van der Waals surface area contributed by atoms with Gasteiger partial charge < -0.3 is 5.32 Å². The Hall–Kier alpha value is -0.960. The first kappa shape index (κ1) is 10.6. The lowest BCUT2D eigenvalue weighted by molar-refractivity contribution is 0.285. The Bertz CT molecular complexity index is 351. The SMILES string of the molecule is CNCC1CCC(F)c2ccc(F)cc21. The molecule has 0 amide bonds. The van der Waals surface area contributed by atoms with Gasteiger partial charge in [0, 0.05) is 6.54 Å². The lowest BCUT2D eigenvalue weighted by Gasteiger charge is -2.27. The van der Waals surface area contributed by atoms with Crippen molar-refractivity contribution < 1.29 is 8.78 Å². The van der Waals surface area contributed by atoms with Crippen LogP contribution in [0.3, 0.4) is 0 Å². The van der Waals surface area contributed by atoms with Crippen molar-refractivity contribution in [3.63, 3.8) is 0 Å². The lowest BCUT2D eigenvalue weighted by atomic mass is 9.82.